The van der Waals surface area contributed by atoms with Crippen molar-refractivity contribution in [3.63, 3.8) is 0 Å². The molecule has 2 N–H and O–H groups in total. The van der Waals surface area contributed by atoms with E-state index in [1.165, 1.54) is 6.07 Å². The van der Waals surface area contributed by atoms with Crippen molar-refractivity contribution >= 4 is 17.5 Å². The van der Waals surface area contributed by atoms with Gasteiger partial charge in [-0.1, -0.05) is 0 Å². The average Bonchev–Trinajstić information content (AvgIpc) is 2.41. The van der Waals surface area contributed by atoms with Gasteiger partial charge in [-0.2, -0.15) is 0 Å². The fraction of sp³-hybridized carbons (Fsp3) is 0.562. The summed E-state index contributed by atoms with van der Waals surface area (Å²) in [6.07, 6.45) is -0.296. The first-order valence-corrected chi connectivity index (χ1v) is 7.46. The molecule has 2 rings (SSSR count). The number of hydrogen-bond acceptors (Lipinski definition) is 4. The smallest absolute Gasteiger partial charge is 0.410 e. The maximum atomic E-state index is 13.5. The first-order chi connectivity index (χ1) is 10.2. The zero-order chi connectivity index (χ0) is 16.5. The number of ether oxygens (including phenoxy) is 1. The number of rotatable bonds is 1. The van der Waals surface area contributed by atoms with Crippen LogP contribution in [0.15, 0.2) is 12.1 Å². The first-order valence-electron chi connectivity index (χ1n) is 7.46. The minimum absolute atomic E-state index is 0.296. The molecule has 1 aromatic carbocycles. The minimum Gasteiger partial charge on any atom is -0.444 e. The largest absolute Gasteiger partial charge is 0.444 e. The minimum atomic E-state index is -0.493. The zero-order valence-corrected chi connectivity index (χ0v) is 13.6. The average molecular weight is 309 g/mol. The monoisotopic (exact) mass is 309 g/mol. The SMILES string of the molecule is Cc1cc(N2CCN(C(=O)OC(C)(C)C)CC2)c(N)cc1F. The third-order valence-corrected chi connectivity index (χ3v) is 3.58. The second kappa shape index (κ2) is 6.02. The second-order valence-corrected chi connectivity index (χ2v) is 6.61. The Morgan fingerprint density at radius 3 is 2.36 bits per heavy atom. The van der Waals surface area contributed by atoms with Crippen LogP contribution in [0.4, 0.5) is 20.6 Å². The predicted octanol–water partition coefficient (Wildman–Crippen LogP) is 2.77. The van der Waals surface area contributed by atoms with E-state index in [0.717, 1.165) is 5.69 Å². The summed E-state index contributed by atoms with van der Waals surface area (Å²) >= 11 is 0. The van der Waals surface area contributed by atoms with Gasteiger partial charge in [-0.25, -0.2) is 9.18 Å². The highest BCUT2D eigenvalue weighted by Crippen LogP contribution is 2.27. The van der Waals surface area contributed by atoms with Gasteiger partial charge in [0.15, 0.2) is 0 Å². The quantitative estimate of drug-likeness (QED) is 0.810. The van der Waals surface area contributed by atoms with E-state index in [0.29, 0.717) is 37.4 Å². The van der Waals surface area contributed by atoms with Crippen LogP contribution in [0.3, 0.4) is 0 Å². The molecule has 1 heterocycles. The normalized spacial score (nSPS) is 15.9. The molecule has 0 unspecified atom stereocenters. The zero-order valence-electron chi connectivity index (χ0n) is 13.6. The van der Waals surface area contributed by atoms with Crippen molar-refractivity contribution in [3.05, 3.63) is 23.5 Å². The number of amides is 1. The number of piperazine rings is 1. The van der Waals surface area contributed by atoms with Gasteiger partial charge in [0.1, 0.15) is 11.4 Å². The Hall–Kier alpha value is -1.98. The number of carbonyl (C=O) groups excluding carboxylic acids is 1. The topological polar surface area (TPSA) is 58.8 Å². The summed E-state index contributed by atoms with van der Waals surface area (Å²) in [5.41, 5.74) is 7.23. The first kappa shape index (κ1) is 16.4. The number of nitrogens with two attached hydrogens (primary N) is 1. The van der Waals surface area contributed by atoms with E-state index >= 15 is 0 Å². The molecular weight excluding hydrogens is 285 g/mol. The number of carbonyl (C=O) groups is 1. The summed E-state index contributed by atoms with van der Waals surface area (Å²) in [6, 6.07) is 3.11. The molecule has 6 heteroatoms. The van der Waals surface area contributed by atoms with Crippen LogP contribution in [0, 0.1) is 12.7 Å². The van der Waals surface area contributed by atoms with Crippen LogP contribution < -0.4 is 10.6 Å². The Labute approximate surface area is 130 Å². The summed E-state index contributed by atoms with van der Waals surface area (Å²) in [7, 11) is 0. The van der Waals surface area contributed by atoms with Gasteiger partial charge in [-0.15, -0.1) is 0 Å². The highest BCUT2D eigenvalue weighted by atomic mass is 19.1. The Morgan fingerprint density at radius 2 is 1.82 bits per heavy atom. The maximum absolute atomic E-state index is 13.5. The van der Waals surface area contributed by atoms with Gasteiger partial charge in [-0.05, 0) is 45.4 Å². The molecule has 22 heavy (non-hydrogen) atoms. The lowest BCUT2D eigenvalue weighted by Gasteiger charge is -2.37. The molecule has 1 aliphatic heterocycles. The van der Waals surface area contributed by atoms with Crippen molar-refractivity contribution in [2.75, 3.05) is 36.8 Å². The molecule has 1 fully saturated rings. The lowest BCUT2D eigenvalue weighted by molar-refractivity contribution is 0.0240. The lowest BCUT2D eigenvalue weighted by Crippen LogP contribution is -2.50. The van der Waals surface area contributed by atoms with Gasteiger partial charge < -0.3 is 20.3 Å². The number of nitrogen functional groups attached to an aromatic ring is 1. The lowest BCUT2D eigenvalue weighted by atomic mass is 10.1. The molecule has 5 nitrogen and oxygen atoms in total. The molecule has 0 atom stereocenters. The van der Waals surface area contributed by atoms with Crippen LogP contribution >= 0.6 is 0 Å². The van der Waals surface area contributed by atoms with Gasteiger partial charge in [0.05, 0.1) is 11.4 Å². The van der Waals surface area contributed by atoms with E-state index in [2.05, 4.69) is 4.90 Å². The number of halogens is 1. The molecule has 122 valence electrons. The van der Waals surface area contributed by atoms with Crippen LogP contribution in [0.1, 0.15) is 26.3 Å². The van der Waals surface area contributed by atoms with E-state index in [-0.39, 0.29) is 11.9 Å². The van der Waals surface area contributed by atoms with E-state index in [1.54, 1.807) is 17.9 Å². The summed E-state index contributed by atoms with van der Waals surface area (Å²) in [6.45, 7) is 9.68. The molecule has 0 aromatic heterocycles. The number of nitrogens with zero attached hydrogens (tertiary/aromatic N) is 2. The summed E-state index contributed by atoms with van der Waals surface area (Å²) in [5.74, 6) is -0.298. The van der Waals surface area contributed by atoms with Crippen LogP contribution in [-0.4, -0.2) is 42.8 Å². The van der Waals surface area contributed by atoms with Crippen LogP contribution in [0.2, 0.25) is 0 Å². The van der Waals surface area contributed by atoms with Gasteiger partial charge in [0, 0.05) is 26.2 Å². The molecule has 0 saturated carbocycles. The molecule has 1 amide bonds. The molecule has 0 spiro atoms. The van der Waals surface area contributed by atoms with Crippen molar-refractivity contribution in [2.24, 2.45) is 0 Å². The Morgan fingerprint density at radius 1 is 1.23 bits per heavy atom. The fourth-order valence-corrected chi connectivity index (χ4v) is 2.41. The van der Waals surface area contributed by atoms with Crippen LogP contribution in [-0.2, 0) is 4.74 Å². The van der Waals surface area contributed by atoms with E-state index < -0.39 is 5.60 Å². The summed E-state index contributed by atoms with van der Waals surface area (Å²) < 4.78 is 18.9. The number of hydrogen-bond donors (Lipinski definition) is 1. The van der Waals surface area contributed by atoms with Gasteiger partial charge in [0.25, 0.3) is 0 Å². The number of anilines is 2. The Kier molecular flexibility index (Phi) is 4.49. The van der Waals surface area contributed by atoms with Crippen molar-refractivity contribution in [3.8, 4) is 0 Å². The molecule has 1 aliphatic rings. The predicted molar refractivity (Wildman–Crippen MR) is 85.6 cm³/mol. The third kappa shape index (κ3) is 3.81. The van der Waals surface area contributed by atoms with Crippen LogP contribution in [0.5, 0.6) is 0 Å². The highest BCUT2D eigenvalue weighted by Gasteiger charge is 2.26. The van der Waals surface area contributed by atoms with E-state index in [9.17, 15) is 9.18 Å². The molecule has 0 aliphatic carbocycles. The Balaban J connectivity index is 2.01. The molecule has 0 radical (unpaired) electrons. The van der Waals surface area contributed by atoms with Gasteiger partial charge >= 0.3 is 6.09 Å². The highest BCUT2D eigenvalue weighted by molar-refractivity contribution is 5.71. The molecule has 1 aromatic rings. The Bertz CT molecular complexity index is 561. The van der Waals surface area contributed by atoms with E-state index in [1.807, 2.05) is 20.8 Å². The molecular formula is C16H24FN3O2. The van der Waals surface area contributed by atoms with Crippen LogP contribution in [0.25, 0.3) is 0 Å². The third-order valence-electron chi connectivity index (χ3n) is 3.58. The van der Waals surface area contributed by atoms with Crippen molar-refractivity contribution in [1.82, 2.24) is 4.90 Å². The van der Waals surface area contributed by atoms with Crippen molar-refractivity contribution < 1.29 is 13.9 Å². The van der Waals surface area contributed by atoms with Gasteiger partial charge in [-0.3, -0.25) is 0 Å². The molecule has 0 bridgehead atoms. The van der Waals surface area contributed by atoms with Gasteiger partial charge in [0.2, 0.25) is 0 Å². The van der Waals surface area contributed by atoms with Crippen molar-refractivity contribution in [1.29, 1.82) is 0 Å². The second-order valence-electron chi connectivity index (χ2n) is 6.61. The summed E-state index contributed by atoms with van der Waals surface area (Å²) in [4.78, 5) is 15.8. The maximum Gasteiger partial charge on any atom is 0.410 e. The number of benzene rings is 1. The summed E-state index contributed by atoms with van der Waals surface area (Å²) in [5, 5.41) is 0. The fourth-order valence-electron chi connectivity index (χ4n) is 2.41. The standard InChI is InChI=1S/C16H24FN3O2/c1-11-9-14(13(18)10-12(11)17)19-5-7-20(8-6-19)15(21)22-16(2,3)4/h9-10H,5-8,18H2,1-4H3. The molecule has 1 saturated heterocycles. The van der Waals surface area contributed by atoms with E-state index in [4.69, 9.17) is 10.5 Å². The van der Waals surface area contributed by atoms with Crippen molar-refractivity contribution in [2.45, 2.75) is 33.3 Å². The number of aryl methyl sites for hydroxylation is 1.